The van der Waals surface area contributed by atoms with Crippen molar-refractivity contribution in [1.29, 1.82) is 0 Å². The maximum absolute atomic E-state index is 12.2. The zero-order valence-corrected chi connectivity index (χ0v) is 14.3. The molecule has 128 valence electrons. The monoisotopic (exact) mass is 326 g/mol. The summed E-state index contributed by atoms with van der Waals surface area (Å²) in [6.45, 7) is 5.43. The molecule has 1 aromatic heterocycles. The molecule has 0 aliphatic carbocycles. The number of urea groups is 1. The maximum Gasteiger partial charge on any atom is 0.317 e. The van der Waals surface area contributed by atoms with E-state index in [1.165, 1.54) is 5.56 Å². The summed E-state index contributed by atoms with van der Waals surface area (Å²) in [7, 11) is 0. The summed E-state index contributed by atoms with van der Waals surface area (Å²) < 4.78 is 2.14. The number of nitrogens with one attached hydrogen (secondary N) is 1. The topological polar surface area (TPSA) is 50.2 Å². The highest BCUT2D eigenvalue weighted by atomic mass is 16.2. The van der Waals surface area contributed by atoms with Crippen LogP contribution in [0.15, 0.2) is 42.7 Å². The van der Waals surface area contributed by atoms with Gasteiger partial charge in [0.15, 0.2) is 0 Å². The minimum absolute atomic E-state index is 0.0584. The largest absolute Gasteiger partial charge is 0.338 e. The van der Waals surface area contributed by atoms with E-state index in [0.717, 1.165) is 50.6 Å². The van der Waals surface area contributed by atoms with Crippen LogP contribution in [0.4, 0.5) is 4.79 Å². The Kier molecular flexibility index (Phi) is 5.51. The standard InChI is InChI=1S/C19H26N4O/c1-16-8-12-22(13-9-16)19(24)21-10-7-18-20-11-14-23(18)15-17-5-3-2-4-6-17/h2-6,11,14,16H,7-10,12-13,15H2,1H3,(H,21,24). The fourth-order valence-corrected chi connectivity index (χ4v) is 3.10. The normalized spacial score (nSPS) is 15.5. The molecule has 0 bridgehead atoms. The first-order valence-corrected chi connectivity index (χ1v) is 8.79. The van der Waals surface area contributed by atoms with Crippen molar-refractivity contribution in [2.75, 3.05) is 19.6 Å². The third kappa shape index (κ3) is 4.37. The molecule has 0 atom stereocenters. The van der Waals surface area contributed by atoms with Gasteiger partial charge in [-0.2, -0.15) is 0 Å². The molecule has 0 unspecified atom stereocenters. The molecule has 5 heteroatoms. The van der Waals surface area contributed by atoms with Gasteiger partial charge in [0.05, 0.1) is 0 Å². The molecular weight excluding hydrogens is 300 g/mol. The van der Waals surface area contributed by atoms with Crippen LogP contribution in [-0.4, -0.2) is 40.1 Å². The van der Waals surface area contributed by atoms with E-state index in [2.05, 4.69) is 33.9 Å². The van der Waals surface area contributed by atoms with Crippen LogP contribution in [0.5, 0.6) is 0 Å². The molecule has 1 saturated heterocycles. The molecule has 1 aromatic carbocycles. The molecule has 1 aliphatic rings. The summed E-state index contributed by atoms with van der Waals surface area (Å²) in [6, 6.07) is 10.4. The molecule has 3 rings (SSSR count). The van der Waals surface area contributed by atoms with E-state index in [4.69, 9.17) is 0 Å². The van der Waals surface area contributed by atoms with E-state index < -0.39 is 0 Å². The SMILES string of the molecule is CC1CCN(C(=O)NCCc2nccn2Cc2ccccc2)CC1. The van der Waals surface area contributed by atoms with Crippen LogP contribution in [0.2, 0.25) is 0 Å². The first kappa shape index (κ1) is 16.6. The van der Waals surface area contributed by atoms with Gasteiger partial charge in [0, 0.05) is 45.0 Å². The lowest BCUT2D eigenvalue weighted by atomic mass is 10.00. The lowest BCUT2D eigenvalue weighted by Gasteiger charge is -2.30. The van der Waals surface area contributed by atoms with Crippen LogP contribution in [0.25, 0.3) is 0 Å². The van der Waals surface area contributed by atoms with E-state index in [1.807, 2.05) is 35.5 Å². The molecule has 0 radical (unpaired) electrons. The molecule has 5 nitrogen and oxygen atoms in total. The van der Waals surface area contributed by atoms with E-state index in [1.54, 1.807) is 0 Å². The zero-order valence-electron chi connectivity index (χ0n) is 14.3. The predicted octanol–water partition coefficient (Wildman–Crippen LogP) is 2.92. The fourth-order valence-electron chi connectivity index (χ4n) is 3.10. The Morgan fingerprint density at radius 3 is 2.75 bits per heavy atom. The second-order valence-electron chi connectivity index (χ2n) is 6.61. The number of hydrogen-bond donors (Lipinski definition) is 1. The summed E-state index contributed by atoms with van der Waals surface area (Å²) in [4.78, 5) is 18.6. The van der Waals surface area contributed by atoms with Crippen LogP contribution in [0.3, 0.4) is 0 Å². The van der Waals surface area contributed by atoms with E-state index in [0.29, 0.717) is 6.54 Å². The van der Waals surface area contributed by atoms with Crippen molar-refractivity contribution in [3.63, 3.8) is 0 Å². The van der Waals surface area contributed by atoms with Gasteiger partial charge in [-0.25, -0.2) is 9.78 Å². The van der Waals surface area contributed by atoms with Gasteiger partial charge in [0.2, 0.25) is 0 Å². The van der Waals surface area contributed by atoms with Crippen molar-refractivity contribution in [3.05, 3.63) is 54.1 Å². The minimum atomic E-state index is 0.0584. The van der Waals surface area contributed by atoms with E-state index in [9.17, 15) is 4.79 Å². The first-order valence-electron chi connectivity index (χ1n) is 8.79. The van der Waals surface area contributed by atoms with Gasteiger partial charge in [-0.3, -0.25) is 0 Å². The molecule has 1 fully saturated rings. The summed E-state index contributed by atoms with van der Waals surface area (Å²) in [6.07, 6.45) is 6.78. The first-order chi connectivity index (χ1) is 11.7. The van der Waals surface area contributed by atoms with Crippen LogP contribution < -0.4 is 5.32 Å². The van der Waals surface area contributed by atoms with E-state index >= 15 is 0 Å². The number of benzene rings is 1. The van der Waals surface area contributed by atoms with Gasteiger partial charge in [-0.15, -0.1) is 0 Å². The number of carbonyl (C=O) groups excluding carboxylic acids is 1. The lowest BCUT2D eigenvalue weighted by molar-refractivity contribution is 0.174. The summed E-state index contributed by atoms with van der Waals surface area (Å²) in [5, 5.41) is 3.03. The number of carbonyl (C=O) groups is 1. The van der Waals surface area contributed by atoms with Crippen molar-refractivity contribution in [3.8, 4) is 0 Å². The molecule has 1 N–H and O–H groups in total. The van der Waals surface area contributed by atoms with Gasteiger partial charge in [-0.05, 0) is 24.3 Å². The number of piperidine rings is 1. The van der Waals surface area contributed by atoms with Gasteiger partial charge >= 0.3 is 6.03 Å². The minimum Gasteiger partial charge on any atom is -0.338 e. The number of imidazole rings is 1. The highest BCUT2D eigenvalue weighted by molar-refractivity contribution is 5.74. The second kappa shape index (κ2) is 7.99. The lowest BCUT2D eigenvalue weighted by Crippen LogP contribution is -2.44. The van der Waals surface area contributed by atoms with Gasteiger partial charge in [-0.1, -0.05) is 37.3 Å². The molecule has 2 amide bonds. The molecule has 2 aromatic rings. The van der Waals surface area contributed by atoms with Crippen LogP contribution in [0, 0.1) is 5.92 Å². The highest BCUT2D eigenvalue weighted by Crippen LogP contribution is 2.15. The Hall–Kier alpha value is -2.30. The average Bonchev–Trinajstić information content (AvgIpc) is 3.03. The fraction of sp³-hybridized carbons (Fsp3) is 0.474. The molecule has 1 aliphatic heterocycles. The number of nitrogens with zero attached hydrogens (tertiary/aromatic N) is 3. The average molecular weight is 326 g/mol. The maximum atomic E-state index is 12.2. The van der Waals surface area contributed by atoms with Gasteiger partial charge in [0.1, 0.15) is 5.82 Å². The number of rotatable bonds is 5. The molecule has 2 heterocycles. The van der Waals surface area contributed by atoms with Crippen molar-refractivity contribution < 1.29 is 4.79 Å². The molecule has 0 saturated carbocycles. The quantitative estimate of drug-likeness (QED) is 0.918. The Balaban J connectivity index is 1.47. The van der Waals surface area contributed by atoms with Gasteiger partial charge < -0.3 is 14.8 Å². The van der Waals surface area contributed by atoms with Gasteiger partial charge in [0.25, 0.3) is 0 Å². The Bertz CT molecular complexity index is 644. The Morgan fingerprint density at radius 2 is 2.00 bits per heavy atom. The number of hydrogen-bond acceptors (Lipinski definition) is 2. The van der Waals surface area contributed by atoms with Crippen molar-refractivity contribution in [2.45, 2.75) is 32.7 Å². The number of aromatic nitrogens is 2. The molecule has 0 spiro atoms. The highest BCUT2D eigenvalue weighted by Gasteiger charge is 2.19. The summed E-state index contributed by atoms with van der Waals surface area (Å²) >= 11 is 0. The van der Waals surface area contributed by atoms with Crippen molar-refractivity contribution in [2.24, 2.45) is 5.92 Å². The second-order valence-corrected chi connectivity index (χ2v) is 6.61. The van der Waals surface area contributed by atoms with Crippen molar-refractivity contribution in [1.82, 2.24) is 19.8 Å². The smallest absolute Gasteiger partial charge is 0.317 e. The van der Waals surface area contributed by atoms with Crippen LogP contribution in [0.1, 0.15) is 31.2 Å². The van der Waals surface area contributed by atoms with Crippen LogP contribution >= 0.6 is 0 Å². The molecular formula is C19H26N4O. The predicted molar refractivity (Wildman–Crippen MR) is 94.8 cm³/mol. The number of amides is 2. The zero-order chi connectivity index (χ0) is 16.8. The molecule has 24 heavy (non-hydrogen) atoms. The Morgan fingerprint density at radius 1 is 1.25 bits per heavy atom. The third-order valence-electron chi connectivity index (χ3n) is 4.69. The van der Waals surface area contributed by atoms with Crippen molar-refractivity contribution >= 4 is 6.03 Å². The summed E-state index contributed by atoms with van der Waals surface area (Å²) in [5.41, 5.74) is 1.25. The van der Waals surface area contributed by atoms with Crippen LogP contribution in [-0.2, 0) is 13.0 Å². The van der Waals surface area contributed by atoms with E-state index in [-0.39, 0.29) is 6.03 Å². The number of likely N-dealkylation sites (tertiary alicyclic amines) is 1. The summed E-state index contributed by atoms with van der Waals surface area (Å²) in [5.74, 6) is 1.74. The third-order valence-corrected chi connectivity index (χ3v) is 4.69. The Labute approximate surface area is 143 Å².